The molecule has 0 saturated heterocycles. The Morgan fingerprint density at radius 2 is 2.05 bits per heavy atom. The third kappa shape index (κ3) is 3.99. The van der Waals surface area contributed by atoms with Crippen LogP contribution in [0, 0.1) is 23.7 Å². The zero-order chi connectivity index (χ0) is 15.3. The van der Waals surface area contributed by atoms with Crippen LogP contribution in [0.4, 0.5) is 0 Å². The second-order valence-electron chi connectivity index (χ2n) is 5.73. The van der Waals surface area contributed by atoms with Crippen molar-refractivity contribution in [3.8, 4) is 0 Å². The highest BCUT2D eigenvalue weighted by Gasteiger charge is 2.40. The third-order valence-electron chi connectivity index (χ3n) is 4.30. The molecule has 0 radical (unpaired) electrons. The minimum Gasteiger partial charge on any atom is -0.395 e. The summed E-state index contributed by atoms with van der Waals surface area (Å²) in [5, 5.41) is 0. The smallest absolute Gasteiger partial charge is 0.316 e. The fourth-order valence-corrected chi connectivity index (χ4v) is 2.94. The summed E-state index contributed by atoms with van der Waals surface area (Å²) in [4.78, 5) is 45.4. The number of hydrogen-bond acceptors (Lipinski definition) is 5. The summed E-state index contributed by atoms with van der Waals surface area (Å²) in [5.74, 6) is -1.52. The zero-order valence-corrected chi connectivity index (χ0v) is 12.3. The summed E-state index contributed by atoms with van der Waals surface area (Å²) in [6, 6.07) is 0. The summed E-state index contributed by atoms with van der Waals surface area (Å²) in [6.45, 7) is 5.24. The molecule has 1 aliphatic rings. The van der Waals surface area contributed by atoms with Gasteiger partial charge in [-0.05, 0) is 32.1 Å². The van der Waals surface area contributed by atoms with Gasteiger partial charge < -0.3 is 9.53 Å². The molecule has 0 amide bonds. The zero-order valence-electron chi connectivity index (χ0n) is 12.3. The molecule has 0 aliphatic heterocycles. The Morgan fingerprint density at radius 3 is 2.60 bits per heavy atom. The number of ketones is 2. The van der Waals surface area contributed by atoms with Crippen LogP contribution in [0.3, 0.4) is 0 Å². The van der Waals surface area contributed by atoms with E-state index in [2.05, 4.69) is 4.74 Å². The van der Waals surface area contributed by atoms with E-state index in [0.717, 1.165) is 6.42 Å². The van der Waals surface area contributed by atoms with E-state index in [1.807, 2.05) is 6.92 Å². The van der Waals surface area contributed by atoms with Gasteiger partial charge in [-0.1, -0.05) is 13.8 Å². The molecule has 0 bridgehead atoms. The molecule has 0 aromatic rings. The molecule has 5 heteroatoms. The minimum atomic E-state index is -0.654. The number of ether oxygens (including phenoxy) is 1. The number of rotatable bonds is 6. The molecule has 1 saturated carbocycles. The monoisotopic (exact) mass is 282 g/mol. The van der Waals surface area contributed by atoms with E-state index in [-0.39, 0.29) is 29.9 Å². The van der Waals surface area contributed by atoms with E-state index in [9.17, 15) is 19.2 Å². The Kier molecular flexibility index (Phi) is 6.05. The van der Waals surface area contributed by atoms with Gasteiger partial charge in [0.2, 0.25) is 0 Å². The number of carbonyl (C=O) groups is 4. The van der Waals surface area contributed by atoms with Gasteiger partial charge in [0.05, 0.1) is 5.92 Å². The molecule has 1 rings (SSSR count). The van der Waals surface area contributed by atoms with Crippen LogP contribution in [0.2, 0.25) is 0 Å². The molecule has 0 spiro atoms. The Labute approximate surface area is 119 Å². The van der Waals surface area contributed by atoms with E-state index >= 15 is 0 Å². The summed E-state index contributed by atoms with van der Waals surface area (Å²) in [6.07, 6.45) is 2.41. The summed E-state index contributed by atoms with van der Waals surface area (Å²) < 4.78 is 4.34. The first kappa shape index (κ1) is 16.5. The maximum atomic E-state index is 12.5. The average Bonchev–Trinajstić information content (AvgIpc) is 2.38. The molecular formula is C15H22O5. The van der Waals surface area contributed by atoms with Crippen LogP contribution in [-0.4, -0.2) is 24.0 Å². The minimum absolute atomic E-state index is 0.0281. The van der Waals surface area contributed by atoms with Crippen LogP contribution in [-0.2, 0) is 23.9 Å². The van der Waals surface area contributed by atoms with Crippen LogP contribution in [0.1, 0.15) is 46.5 Å². The molecule has 0 heterocycles. The van der Waals surface area contributed by atoms with Crippen LogP contribution in [0.25, 0.3) is 0 Å². The lowest BCUT2D eigenvalue weighted by atomic mass is 9.68. The van der Waals surface area contributed by atoms with Gasteiger partial charge in [0.25, 0.3) is 0 Å². The lowest BCUT2D eigenvalue weighted by molar-refractivity contribution is -0.159. The first-order chi connectivity index (χ1) is 9.38. The predicted octanol–water partition coefficient (Wildman–Crippen LogP) is 1.92. The van der Waals surface area contributed by atoms with Crippen LogP contribution in [0.15, 0.2) is 0 Å². The van der Waals surface area contributed by atoms with Crippen LogP contribution in [0.5, 0.6) is 0 Å². The number of hydrogen-bond donors (Lipinski definition) is 0. The van der Waals surface area contributed by atoms with Gasteiger partial charge >= 0.3 is 12.4 Å². The molecule has 20 heavy (non-hydrogen) atoms. The Hall–Kier alpha value is -1.52. The largest absolute Gasteiger partial charge is 0.395 e. The van der Waals surface area contributed by atoms with Crippen molar-refractivity contribution in [2.75, 3.05) is 0 Å². The second kappa shape index (κ2) is 7.31. The Balaban J connectivity index is 2.74. The second-order valence-corrected chi connectivity index (χ2v) is 5.73. The van der Waals surface area contributed by atoms with Crippen molar-refractivity contribution in [1.29, 1.82) is 0 Å². The van der Waals surface area contributed by atoms with Crippen molar-refractivity contribution in [2.45, 2.75) is 46.5 Å². The quantitative estimate of drug-likeness (QED) is 0.422. The fourth-order valence-electron chi connectivity index (χ4n) is 2.94. The maximum Gasteiger partial charge on any atom is 0.316 e. The van der Waals surface area contributed by atoms with Gasteiger partial charge in [0.1, 0.15) is 11.6 Å². The molecule has 1 fully saturated rings. The highest BCUT2D eigenvalue weighted by Crippen LogP contribution is 2.37. The topological polar surface area (TPSA) is 77.5 Å². The van der Waals surface area contributed by atoms with Crippen LogP contribution < -0.4 is 0 Å². The van der Waals surface area contributed by atoms with Gasteiger partial charge in [-0.25, -0.2) is 0 Å². The fraction of sp³-hybridized carbons (Fsp3) is 0.733. The van der Waals surface area contributed by atoms with Crippen molar-refractivity contribution < 1.29 is 23.9 Å². The molecule has 0 aromatic heterocycles. The van der Waals surface area contributed by atoms with Gasteiger partial charge in [-0.15, -0.1) is 0 Å². The van der Waals surface area contributed by atoms with Crippen molar-refractivity contribution in [1.82, 2.24) is 0 Å². The lowest BCUT2D eigenvalue weighted by Crippen LogP contribution is -2.39. The predicted molar refractivity (Wildman–Crippen MR) is 71.6 cm³/mol. The Morgan fingerprint density at radius 1 is 1.40 bits per heavy atom. The summed E-state index contributed by atoms with van der Waals surface area (Å²) in [7, 11) is 0. The van der Waals surface area contributed by atoms with Gasteiger partial charge in [-0.2, -0.15) is 0 Å². The SMILES string of the molecule is CC(=O)CC[C@@H]1C(=O)[C@H]([C@@H](C)C(=O)OC=O)CC[C@H]1C. The summed E-state index contributed by atoms with van der Waals surface area (Å²) in [5.41, 5.74) is 0. The highest BCUT2D eigenvalue weighted by molar-refractivity contribution is 5.90. The van der Waals surface area contributed by atoms with E-state index in [0.29, 0.717) is 19.3 Å². The third-order valence-corrected chi connectivity index (χ3v) is 4.30. The number of Topliss-reactive ketones (excluding diaryl/α,β-unsaturated/α-hetero) is 2. The number of carbonyl (C=O) groups excluding carboxylic acids is 4. The van der Waals surface area contributed by atoms with Crippen molar-refractivity contribution in [3.05, 3.63) is 0 Å². The highest BCUT2D eigenvalue weighted by atomic mass is 16.6. The van der Waals surface area contributed by atoms with Gasteiger partial charge in [0, 0.05) is 18.3 Å². The van der Waals surface area contributed by atoms with Crippen molar-refractivity contribution >= 4 is 24.0 Å². The molecule has 1 aliphatic carbocycles. The molecule has 0 unspecified atom stereocenters. The molecule has 112 valence electrons. The lowest BCUT2D eigenvalue weighted by Gasteiger charge is -2.34. The van der Waals surface area contributed by atoms with Crippen molar-refractivity contribution in [3.63, 3.8) is 0 Å². The molecule has 0 aromatic carbocycles. The standard InChI is InChI=1S/C15H22O5/c1-9-4-6-13(11(3)15(19)20-8-16)14(18)12(9)7-5-10(2)17/h8-9,11-13H,4-7H2,1-3H3/t9-,11-,12+,13+/m1/s1. The van der Waals surface area contributed by atoms with Gasteiger partial charge in [0.15, 0.2) is 0 Å². The maximum absolute atomic E-state index is 12.5. The summed E-state index contributed by atoms with van der Waals surface area (Å²) >= 11 is 0. The molecular weight excluding hydrogens is 260 g/mol. The molecule has 5 nitrogen and oxygen atoms in total. The Bertz CT molecular complexity index is 401. The molecule has 0 N–H and O–H groups in total. The first-order valence-corrected chi connectivity index (χ1v) is 7.05. The van der Waals surface area contributed by atoms with Crippen LogP contribution >= 0.6 is 0 Å². The van der Waals surface area contributed by atoms with E-state index in [1.54, 1.807) is 6.92 Å². The van der Waals surface area contributed by atoms with E-state index < -0.39 is 17.8 Å². The first-order valence-electron chi connectivity index (χ1n) is 7.05. The normalized spacial score (nSPS) is 27.8. The number of esters is 1. The molecule has 4 atom stereocenters. The van der Waals surface area contributed by atoms with E-state index in [4.69, 9.17) is 0 Å². The average molecular weight is 282 g/mol. The van der Waals surface area contributed by atoms with Crippen molar-refractivity contribution in [2.24, 2.45) is 23.7 Å². The van der Waals surface area contributed by atoms with Gasteiger partial charge in [-0.3, -0.25) is 14.4 Å². The van der Waals surface area contributed by atoms with E-state index in [1.165, 1.54) is 6.92 Å².